The first-order chi connectivity index (χ1) is 10.2. The van der Waals surface area contributed by atoms with E-state index in [-0.39, 0.29) is 5.91 Å². The molecule has 0 radical (unpaired) electrons. The molecule has 0 aromatic heterocycles. The van der Waals surface area contributed by atoms with Gasteiger partial charge in [-0.25, -0.2) is 0 Å². The van der Waals surface area contributed by atoms with E-state index in [1.165, 1.54) is 5.56 Å². The van der Waals surface area contributed by atoms with Crippen molar-refractivity contribution in [1.29, 1.82) is 0 Å². The fraction of sp³-hybridized carbons (Fsp3) is 0.588. The summed E-state index contributed by atoms with van der Waals surface area (Å²) in [7, 11) is 0. The number of nitrogens with zero attached hydrogens (tertiary/aromatic N) is 2. The molecule has 1 aromatic carbocycles. The van der Waals surface area contributed by atoms with Gasteiger partial charge in [0.1, 0.15) is 0 Å². The first-order valence-corrected chi connectivity index (χ1v) is 7.97. The van der Waals surface area contributed by atoms with Crippen molar-refractivity contribution in [2.24, 2.45) is 0 Å². The maximum atomic E-state index is 11.3. The van der Waals surface area contributed by atoms with Gasteiger partial charge in [-0.3, -0.25) is 9.69 Å². The van der Waals surface area contributed by atoms with E-state index < -0.39 is 0 Å². The lowest BCUT2D eigenvalue weighted by atomic mass is 10.0. The van der Waals surface area contributed by atoms with Gasteiger partial charge in [-0.05, 0) is 12.0 Å². The molecule has 1 N–H and O–H groups in total. The van der Waals surface area contributed by atoms with Crippen LogP contribution in [0.15, 0.2) is 30.3 Å². The first-order valence-electron chi connectivity index (χ1n) is 7.97. The Morgan fingerprint density at radius 1 is 1.19 bits per heavy atom. The van der Waals surface area contributed by atoms with Crippen LogP contribution in [0, 0.1) is 0 Å². The second-order valence-corrected chi connectivity index (χ2v) is 5.67. The predicted octanol–water partition coefficient (Wildman–Crippen LogP) is 1.89. The van der Waals surface area contributed by atoms with Crippen LogP contribution in [0.4, 0.5) is 0 Å². The Morgan fingerprint density at radius 2 is 1.86 bits per heavy atom. The summed E-state index contributed by atoms with van der Waals surface area (Å²) >= 11 is 0. The number of carbonyl (C=O) groups is 1. The standard InChI is InChI=1S/C17H27N3O/c1-3-17(16-7-5-4-6-8-16)18-9-10-19-11-13-20(14-12-19)15(2)21/h4-8,17-18H,3,9-14H2,1-2H3/t17-/m0/s1. The van der Waals surface area contributed by atoms with E-state index in [1.54, 1.807) is 6.92 Å². The van der Waals surface area contributed by atoms with Crippen molar-refractivity contribution in [3.05, 3.63) is 35.9 Å². The zero-order chi connectivity index (χ0) is 15.1. The minimum Gasteiger partial charge on any atom is -0.340 e. The molecule has 1 heterocycles. The molecule has 0 saturated carbocycles. The SMILES string of the molecule is CC[C@H](NCCN1CCN(C(C)=O)CC1)c1ccccc1. The molecule has 0 unspecified atom stereocenters. The lowest BCUT2D eigenvalue weighted by molar-refractivity contribution is -0.130. The summed E-state index contributed by atoms with van der Waals surface area (Å²) in [5.41, 5.74) is 1.36. The highest BCUT2D eigenvalue weighted by atomic mass is 16.2. The van der Waals surface area contributed by atoms with Gasteiger partial charge >= 0.3 is 0 Å². The van der Waals surface area contributed by atoms with Gasteiger partial charge in [0.25, 0.3) is 0 Å². The van der Waals surface area contributed by atoms with Crippen LogP contribution in [0.3, 0.4) is 0 Å². The van der Waals surface area contributed by atoms with Gasteiger partial charge in [0.2, 0.25) is 5.91 Å². The summed E-state index contributed by atoms with van der Waals surface area (Å²) in [4.78, 5) is 15.7. The smallest absolute Gasteiger partial charge is 0.219 e. The Bertz CT molecular complexity index is 427. The maximum Gasteiger partial charge on any atom is 0.219 e. The van der Waals surface area contributed by atoms with Gasteiger partial charge in [-0.15, -0.1) is 0 Å². The molecule has 0 bridgehead atoms. The monoisotopic (exact) mass is 289 g/mol. The summed E-state index contributed by atoms with van der Waals surface area (Å²) in [5.74, 6) is 0.197. The van der Waals surface area contributed by atoms with E-state index in [2.05, 4.69) is 47.5 Å². The van der Waals surface area contributed by atoms with E-state index in [4.69, 9.17) is 0 Å². The Labute approximate surface area is 128 Å². The minimum atomic E-state index is 0.197. The lowest BCUT2D eigenvalue weighted by Gasteiger charge is -2.34. The third kappa shape index (κ3) is 4.83. The van der Waals surface area contributed by atoms with Crippen molar-refractivity contribution in [1.82, 2.24) is 15.1 Å². The van der Waals surface area contributed by atoms with Crippen molar-refractivity contribution in [2.75, 3.05) is 39.3 Å². The minimum absolute atomic E-state index is 0.197. The number of hydrogen-bond donors (Lipinski definition) is 1. The van der Waals surface area contributed by atoms with Crippen molar-refractivity contribution >= 4 is 5.91 Å². The average molecular weight is 289 g/mol. The van der Waals surface area contributed by atoms with Gasteiger partial charge in [0, 0.05) is 52.2 Å². The molecule has 1 aliphatic rings. The van der Waals surface area contributed by atoms with Crippen molar-refractivity contribution in [3.63, 3.8) is 0 Å². The zero-order valence-electron chi connectivity index (χ0n) is 13.2. The van der Waals surface area contributed by atoms with E-state index in [0.717, 1.165) is 45.7 Å². The molecule has 2 rings (SSSR count). The fourth-order valence-corrected chi connectivity index (χ4v) is 2.87. The topological polar surface area (TPSA) is 35.6 Å². The summed E-state index contributed by atoms with van der Waals surface area (Å²) in [6.07, 6.45) is 1.10. The number of benzene rings is 1. The highest BCUT2D eigenvalue weighted by Crippen LogP contribution is 2.15. The molecule has 1 saturated heterocycles. The van der Waals surface area contributed by atoms with E-state index in [1.807, 2.05) is 4.90 Å². The lowest BCUT2D eigenvalue weighted by Crippen LogP contribution is -2.49. The van der Waals surface area contributed by atoms with Crippen molar-refractivity contribution < 1.29 is 4.79 Å². The second kappa shape index (κ2) is 8.15. The molecule has 1 aromatic rings. The summed E-state index contributed by atoms with van der Waals surface area (Å²) in [6.45, 7) is 9.63. The van der Waals surface area contributed by atoms with Crippen LogP contribution in [0.5, 0.6) is 0 Å². The van der Waals surface area contributed by atoms with Crippen LogP contribution >= 0.6 is 0 Å². The number of amides is 1. The Morgan fingerprint density at radius 3 is 2.43 bits per heavy atom. The molecule has 0 aliphatic carbocycles. The highest BCUT2D eigenvalue weighted by Gasteiger charge is 2.18. The number of carbonyl (C=O) groups excluding carboxylic acids is 1. The summed E-state index contributed by atoms with van der Waals surface area (Å²) < 4.78 is 0. The maximum absolute atomic E-state index is 11.3. The molecule has 1 aliphatic heterocycles. The van der Waals surface area contributed by atoms with Crippen LogP contribution in [-0.4, -0.2) is 55.0 Å². The largest absolute Gasteiger partial charge is 0.340 e. The molecule has 116 valence electrons. The van der Waals surface area contributed by atoms with E-state index in [9.17, 15) is 4.79 Å². The summed E-state index contributed by atoms with van der Waals surface area (Å²) in [6, 6.07) is 11.1. The average Bonchev–Trinajstić information content (AvgIpc) is 2.53. The molecule has 21 heavy (non-hydrogen) atoms. The quantitative estimate of drug-likeness (QED) is 0.869. The van der Waals surface area contributed by atoms with Crippen LogP contribution in [0.25, 0.3) is 0 Å². The van der Waals surface area contributed by atoms with Gasteiger partial charge < -0.3 is 10.2 Å². The van der Waals surface area contributed by atoms with Gasteiger partial charge in [-0.1, -0.05) is 37.3 Å². The third-order valence-electron chi connectivity index (χ3n) is 4.25. The molecule has 1 amide bonds. The summed E-state index contributed by atoms with van der Waals surface area (Å²) in [5, 5.41) is 3.64. The number of piperazine rings is 1. The van der Waals surface area contributed by atoms with Crippen molar-refractivity contribution in [2.45, 2.75) is 26.3 Å². The molecular formula is C17H27N3O. The third-order valence-corrected chi connectivity index (χ3v) is 4.25. The number of hydrogen-bond acceptors (Lipinski definition) is 3. The highest BCUT2D eigenvalue weighted by molar-refractivity contribution is 5.73. The van der Waals surface area contributed by atoms with Crippen LogP contribution in [0.2, 0.25) is 0 Å². The molecule has 1 fully saturated rings. The molecule has 4 heteroatoms. The van der Waals surface area contributed by atoms with E-state index in [0.29, 0.717) is 6.04 Å². The fourth-order valence-electron chi connectivity index (χ4n) is 2.87. The van der Waals surface area contributed by atoms with Gasteiger partial charge in [0.15, 0.2) is 0 Å². The van der Waals surface area contributed by atoms with Gasteiger partial charge in [-0.2, -0.15) is 0 Å². The first kappa shape index (κ1) is 16.0. The Hall–Kier alpha value is -1.39. The number of rotatable bonds is 6. The predicted molar refractivity (Wildman–Crippen MR) is 86.2 cm³/mol. The van der Waals surface area contributed by atoms with Crippen molar-refractivity contribution in [3.8, 4) is 0 Å². The number of nitrogens with one attached hydrogen (secondary N) is 1. The molecular weight excluding hydrogens is 262 g/mol. The normalized spacial score (nSPS) is 17.7. The van der Waals surface area contributed by atoms with Crippen LogP contribution in [-0.2, 0) is 4.79 Å². The molecule has 1 atom stereocenters. The molecule has 4 nitrogen and oxygen atoms in total. The van der Waals surface area contributed by atoms with Crippen LogP contribution < -0.4 is 5.32 Å². The Balaban J connectivity index is 1.71. The zero-order valence-corrected chi connectivity index (χ0v) is 13.2. The van der Waals surface area contributed by atoms with E-state index >= 15 is 0 Å². The Kier molecular flexibility index (Phi) is 6.21. The van der Waals surface area contributed by atoms with Crippen LogP contribution in [0.1, 0.15) is 31.9 Å². The molecule has 0 spiro atoms. The second-order valence-electron chi connectivity index (χ2n) is 5.67. The van der Waals surface area contributed by atoms with Gasteiger partial charge in [0.05, 0.1) is 0 Å².